The fourth-order valence-electron chi connectivity index (χ4n) is 1.86. The first-order valence-corrected chi connectivity index (χ1v) is 6.55. The fourth-order valence-corrected chi connectivity index (χ4v) is 1.86. The molecule has 0 spiro atoms. The largest absolute Gasteiger partial charge is 0.419 e. The molecule has 2 amide bonds. The van der Waals surface area contributed by atoms with Gasteiger partial charge in [-0.05, 0) is 5.92 Å². The summed E-state index contributed by atoms with van der Waals surface area (Å²) in [5.74, 6) is 0.381. The number of hydrogen-bond donors (Lipinski definition) is 2. The monoisotopic (exact) mass is 298 g/mol. The topological polar surface area (TPSA) is 61.8 Å². The quantitative estimate of drug-likeness (QED) is 0.754. The van der Waals surface area contributed by atoms with E-state index in [1.165, 1.54) is 0 Å². The van der Waals surface area contributed by atoms with Crippen LogP contribution in [-0.2, 0) is 4.74 Å². The first-order valence-electron chi connectivity index (χ1n) is 6.55. The molecule has 1 aliphatic heterocycles. The summed E-state index contributed by atoms with van der Waals surface area (Å²) < 4.78 is 43.0. The summed E-state index contributed by atoms with van der Waals surface area (Å²) in [6, 6.07) is -0.613. The molecule has 0 aromatic rings. The number of likely N-dealkylation sites (tertiary alicyclic amines) is 1. The Bertz CT molecular complexity index is 336. The second kappa shape index (κ2) is 6.62. The molecule has 1 saturated heterocycles. The SMILES string of the molecule is CC(C)COCCNC(=O)N1CC[C@](O)(C(F)(F)F)C1. The molecule has 0 aromatic carbocycles. The van der Waals surface area contributed by atoms with Crippen LogP contribution in [-0.4, -0.2) is 60.7 Å². The normalized spacial score (nSPS) is 23.4. The van der Waals surface area contributed by atoms with E-state index in [2.05, 4.69) is 5.32 Å². The number of amides is 2. The van der Waals surface area contributed by atoms with E-state index < -0.39 is 30.8 Å². The minimum Gasteiger partial charge on any atom is -0.379 e. The standard InChI is InChI=1S/C12H21F3N2O3/c1-9(2)7-20-6-4-16-10(18)17-5-3-11(19,8-17)12(13,14)15/h9,19H,3-8H2,1-2H3,(H,16,18)/t11-/m1/s1. The lowest BCUT2D eigenvalue weighted by molar-refractivity contribution is -0.253. The summed E-state index contributed by atoms with van der Waals surface area (Å²) in [7, 11) is 0. The molecule has 0 saturated carbocycles. The van der Waals surface area contributed by atoms with Crippen LogP contribution in [0.2, 0.25) is 0 Å². The average molecular weight is 298 g/mol. The number of alkyl halides is 3. The number of urea groups is 1. The number of nitrogens with one attached hydrogen (secondary N) is 1. The Morgan fingerprint density at radius 2 is 2.15 bits per heavy atom. The number of β-amino-alcohol motifs (C(OH)–C–C–N with tert-alkyl or cyclic N) is 1. The average Bonchev–Trinajstić information content (AvgIpc) is 2.71. The highest BCUT2D eigenvalue weighted by Gasteiger charge is 2.57. The zero-order chi connectivity index (χ0) is 15.4. The lowest BCUT2D eigenvalue weighted by atomic mass is 10.0. The van der Waals surface area contributed by atoms with Gasteiger partial charge in [0, 0.05) is 26.1 Å². The van der Waals surface area contributed by atoms with Crippen LogP contribution in [0.1, 0.15) is 20.3 Å². The summed E-state index contributed by atoms with van der Waals surface area (Å²) in [5, 5.41) is 11.9. The predicted molar refractivity (Wildman–Crippen MR) is 66.3 cm³/mol. The van der Waals surface area contributed by atoms with Gasteiger partial charge in [0.1, 0.15) is 0 Å². The lowest BCUT2D eigenvalue weighted by Gasteiger charge is -2.25. The van der Waals surface area contributed by atoms with Crippen molar-refractivity contribution in [3.05, 3.63) is 0 Å². The second-order valence-corrected chi connectivity index (χ2v) is 5.40. The Hall–Kier alpha value is -1.02. The summed E-state index contributed by atoms with van der Waals surface area (Å²) in [4.78, 5) is 12.6. The number of aliphatic hydroxyl groups is 1. The van der Waals surface area contributed by atoms with E-state index in [0.29, 0.717) is 19.1 Å². The molecule has 1 atom stereocenters. The number of ether oxygens (including phenoxy) is 1. The van der Waals surface area contributed by atoms with Crippen molar-refractivity contribution < 1.29 is 27.8 Å². The van der Waals surface area contributed by atoms with Crippen molar-refractivity contribution in [3.8, 4) is 0 Å². The smallest absolute Gasteiger partial charge is 0.379 e. The van der Waals surface area contributed by atoms with Gasteiger partial charge in [-0.3, -0.25) is 0 Å². The summed E-state index contributed by atoms with van der Waals surface area (Å²) in [6.07, 6.45) is -5.21. The maximum Gasteiger partial charge on any atom is 0.419 e. The Kier molecular flexibility index (Phi) is 5.64. The molecular formula is C12H21F3N2O3. The Morgan fingerprint density at radius 1 is 1.50 bits per heavy atom. The molecule has 1 rings (SSSR count). The van der Waals surface area contributed by atoms with Gasteiger partial charge in [0.2, 0.25) is 0 Å². The Labute approximate surface area is 116 Å². The highest BCUT2D eigenvalue weighted by Crippen LogP contribution is 2.37. The predicted octanol–water partition coefficient (Wildman–Crippen LogP) is 1.37. The van der Waals surface area contributed by atoms with Crippen molar-refractivity contribution in [2.45, 2.75) is 32.0 Å². The first-order chi connectivity index (χ1) is 9.16. The molecule has 0 radical (unpaired) electrons. The minimum atomic E-state index is -4.72. The van der Waals surface area contributed by atoms with Gasteiger partial charge in [0.05, 0.1) is 13.2 Å². The molecule has 0 aliphatic carbocycles. The maximum atomic E-state index is 12.6. The van der Waals surface area contributed by atoms with Crippen LogP contribution < -0.4 is 5.32 Å². The first kappa shape index (κ1) is 17.0. The van der Waals surface area contributed by atoms with Gasteiger partial charge in [-0.2, -0.15) is 13.2 Å². The van der Waals surface area contributed by atoms with Crippen molar-refractivity contribution in [2.75, 3.05) is 32.8 Å². The van der Waals surface area contributed by atoms with E-state index in [9.17, 15) is 23.1 Å². The summed E-state index contributed by atoms with van der Waals surface area (Å²) in [6.45, 7) is 4.23. The van der Waals surface area contributed by atoms with Crippen molar-refractivity contribution in [2.24, 2.45) is 5.92 Å². The molecule has 0 bridgehead atoms. The highest BCUT2D eigenvalue weighted by molar-refractivity contribution is 5.74. The number of rotatable bonds is 5. The number of carbonyl (C=O) groups is 1. The van der Waals surface area contributed by atoms with Crippen LogP contribution in [0.15, 0.2) is 0 Å². The molecule has 8 heteroatoms. The van der Waals surface area contributed by atoms with E-state index in [0.717, 1.165) is 4.90 Å². The zero-order valence-electron chi connectivity index (χ0n) is 11.7. The molecule has 1 fully saturated rings. The third-order valence-electron chi connectivity index (χ3n) is 3.04. The van der Waals surface area contributed by atoms with E-state index in [1.807, 2.05) is 13.8 Å². The van der Waals surface area contributed by atoms with Gasteiger partial charge in [0.25, 0.3) is 0 Å². The van der Waals surface area contributed by atoms with Gasteiger partial charge >= 0.3 is 12.2 Å². The summed E-state index contributed by atoms with van der Waals surface area (Å²) in [5.41, 5.74) is -2.79. The van der Waals surface area contributed by atoms with Crippen LogP contribution in [0.5, 0.6) is 0 Å². The molecule has 20 heavy (non-hydrogen) atoms. The van der Waals surface area contributed by atoms with Crippen LogP contribution in [0.3, 0.4) is 0 Å². The van der Waals surface area contributed by atoms with E-state index in [-0.39, 0.29) is 13.1 Å². The molecule has 1 aliphatic rings. The minimum absolute atomic E-state index is 0.116. The van der Waals surface area contributed by atoms with Crippen molar-refractivity contribution >= 4 is 6.03 Å². The molecule has 118 valence electrons. The maximum absolute atomic E-state index is 12.6. The summed E-state index contributed by atoms with van der Waals surface area (Å²) >= 11 is 0. The van der Waals surface area contributed by atoms with E-state index >= 15 is 0 Å². The van der Waals surface area contributed by atoms with Crippen LogP contribution in [0.25, 0.3) is 0 Å². The molecule has 0 unspecified atom stereocenters. The molecular weight excluding hydrogens is 277 g/mol. The van der Waals surface area contributed by atoms with Gasteiger partial charge in [-0.15, -0.1) is 0 Å². The lowest BCUT2D eigenvalue weighted by Crippen LogP contribution is -2.49. The van der Waals surface area contributed by atoms with Crippen molar-refractivity contribution in [1.29, 1.82) is 0 Å². The second-order valence-electron chi connectivity index (χ2n) is 5.40. The van der Waals surface area contributed by atoms with Gasteiger partial charge in [0.15, 0.2) is 5.60 Å². The highest BCUT2D eigenvalue weighted by atomic mass is 19.4. The van der Waals surface area contributed by atoms with E-state index in [1.54, 1.807) is 0 Å². The molecule has 0 aromatic heterocycles. The van der Waals surface area contributed by atoms with Gasteiger partial charge < -0.3 is 20.1 Å². The number of nitrogens with zero attached hydrogens (tertiary/aromatic N) is 1. The fraction of sp³-hybridized carbons (Fsp3) is 0.917. The van der Waals surface area contributed by atoms with Crippen LogP contribution >= 0.6 is 0 Å². The van der Waals surface area contributed by atoms with Crippen LogP contribution in [0.4, 0.5) is 18.0 Å². The Morgan fingerprint density at radius 3 is 2.65 bits per heavy atom. The van der Waals surface area contributed by atoms with E-state index in [4.69, 9.17) is 4.74 Å². The molecule has 1 heterocycles. The van der Waals surface area contributed by atoms with Crippen molar-refractivity contribution in [1.82, 2.24) is 10.2 Å². The van der Waals surface area contributed by atoms with Gasteiger partial charge in [-0.1, -0.05) is 13.8 Å². The number of halogens is 3. The number of hydrogen-bond acceptors (Lipinski definition) is 3. The Balaban J connectivity index is 2.29. The molecule has 2 N–H and O–H groups in total. The van der Waals surface area contributed by atoms with Crippen molar-refractivity contribution in [3.63, 3.8) is 0 Å². The zero-order valence-corrected chi connectivity index (χ0v) is 11.7. The third-order valence-corrected chi connectivity index (χ3v) is 3.04. The molecule has 5 nitrogen and oxygen atoms in total. The number of carbonyl (C=O) groups excluding carboxylic acids is 1. The third kappa shape index (κ3) is 4.52. The van der Waals surface area contributed by atoms with Gasteiger partial charge in [-0.25, -0.2) is 4.79 Å². The van der Waals surface area contributed by atoms with Crippen LogP contribution in [0, 0.1) is 5.92 Å².